The van der Waals surface area contributed by atoms with Crippen LogP contribution in [0.5, 0.6) is 0 Å². The van der Waals surface area contributed by atoms with Crippen LogP contribution in [0.15, 0.2) is 23.1 Å². The van der Waals surface area contributed by atoms with Gasteiger partial charge in [-0.05, 0) is 12.5 Å². The van der Waals surface area contributed by atoms with Crippen LogP contribution < -0.4 is 10.9 Å². The van der Waals surface area contributed by atoms with Crippen molar-refractivity contribution in [1.82, 2.24) is 14.8 Å². The molecule has 1 amide bonds. The second kappa shape index (κ2) is 5.94. The maximum atomic E-state index is 11.8. The summed E-state index contributed by atoms with van der Waals surface area (Å²) in [6, 6.07) is 2.80. The van der Waals surface area contributed by atoms with Crippen molar-refractivity contribution in [3.05, 3.63) is 38.7 Å². The monoisotopic (exact) mass is 298 g/mol. The molecule has 1 N–H and O–H groups in total. The highest BCUT2D eigenvalue weighted by molar-refractivity contribution is 7.15. The molecule has 2 heterocycles. The highest BCUT2D eigenvalue weighted by Crippen LogP contribution is 2.15. The molecular formula is C11H11ClN4O2S. The molecule has 0 bridgehead atoms. The summed E-state index contributed by atoms with van der Waals surface area (Å²) in [6.07, 6.45) is 2.18. The summed E-state index contributed by atoms with van der Waals surface area (Å²) in [6.45, 7) is 1.85. The van der Waals surface area contributed by atoms with Crippen LogP contribution in [-0.4, -0.2) is 20.7 Å². The van der Waals surface area contributed by atoms with E-state index in [1.807, 2.05) is 6.92 Å². The molecule has 0 aromatic carbocycles. The fraction of sp³-hybridized carbons (Fsp3) is 0.273. The molecule has 0 unspecified atom stereocenters. The molecule has 100 valence electrons. The Balaban J connectivity index is 2.05. The molecular weight excluding hydrogens is 288 g/mol. The fourth-order valence-electron chi connectivity index (χ4n) is 1.39. The van der Waals surface area contributed by atoms with E-state index in [4.69, 9.17) is 11.6 Å². The number of pyridine rings is 1. The first kappa shape index (κ1) is 13.7. The SMILES string of the molecule is CCc1nnc(NC(=O)Cn2cc(Cl)ccc2=O)s1. The maximum absolute atomic E-state index is 11.8. The topological polar surface area (TPSA) is 76.9 Å². The Bertz CT molecular complexity index is 652. The molecule has 0 aliphatic heterocycles. The number of rotatable bonds is 4. The molecule has 19 heavy (non-hydrogen) atoms. The van der Waals surface area contributed by atoms with E-state index in [0.717, 1.165) is 11.4 Å². The van der Waals surface area contributed by atoms with Gasteiger partial charge in [0, 0.05) is 12.3 Å². The van der Waals surface area contributed by atoms with Gasteiger partial charge in [-0.2, -0.15) is 0 Å². The van der Waals surface area contributed by atoms with Crippen molar-refractivity contribution < 1.29 is 4.79 Å². The summed E-state index contributed by atoms with van der Waals surface area (Å²) in [5.41, 5.74) is -0.286. The van der Waals surface area contributed by atoms with Crippen molar-refractivity contribution in [2.24, 2.45) is 0 Å². The van der Waals surface area contributed by atoms with Gasteiger partial charge in [0.1, 0.15) is 11.6 Å². The molecule has 0 spiro atoms. The van der Waals surface area contributed by atoms with E-state index in [0.29, 0.717) is 10.2 Å². The molecule has 2 aromatic rings. The zero-order chi connectivity index (χ0) is 13.8. The van der Waals surface area contributed by atoms with Gasteiger partial charge in [-0.25, -0.2) is 0 Å². The Labute approximate surface area is 118 Å². The number of aromatic nitrogens is 3. The first-order valence-corrected chi connectivity index (χ1v) is 6.76. The third kappa shape index (κ3) is 3.62. The van der Waals surface area contributed by atoms with E-state index < -0.39 is 0 Å². The summed E-state index contributed by atoms with van der Waals surface area (Å²) < 4.78 is 1.24. The van der Waals surface area contributed by atoms with Crippen LogP contribution in [0.3, 0.4) is 0 Å². The minimum absolute atomic E-state index is 0.111. The fourth-order valence-corrected chi connectivity index (χ4v) is 2.26. The van der Waals surface area contributed by atoms with Crippen LogP contribution >= 0.6 is 22.9 Å². The molecule has 0 fully saturated rings. The van der Waals surface area contributed by atoms with Crippen molar-refractivity contribution in [3.8, 4) is 0 Å². The lowest BCUT2D eigenvalue weighted by atomic mass is 10.4. The minimum Gasteiger partial charge on any atom is -0.305 e. The van der Waals surface area contributed by atoms with Gasteiger partial charge in [-0.1, -0.05) is 29.9 Å². The molecule has 2 aromatic heterocycles. The summed E-state index contributed by atoms with van der Waals surface area (Å²) in [5, 5.41) is 12.0. The van der Waals surface area contributed by atoms with Crippen LogP contribution in [-0.2, 0) is 17.8 Å². The zero-order valence-electron chi connectivity index (χ0n) is 10.1. The lowest BCUT2D eigenvalue weighted by molar-refractivity contribution is -0.116. The second-order valence-electron chi connectivity index (χ2n) is 3.72. The largest absolute Gasteiger partial charge is 0.305 e. The van der Waals surface area contributed by atoms with Crippen LogP contribution in [0, 0.1) is 0 Å². The first-order chi connectivity index (χ1) is 9.08. The number of nitrogens with zero attached hydrogens (tertiary/aromatic N) is 3. The van der Waals surface area contributed by atoms with E-state index in [9.17, 15) is 9.59 Å². The summed E-state index contributed by atoms with van der Waals surface area (Å²) in [7, 11) is 0. The Hall–Kier alpha value is -1.73. The van der Waals surface area contributed by atoms with Crippen LogP contribution in [0.1, 0.15) is 11.9 Å². The smallest absolute Gasteiger partial charge is 0.251 e. The number of aryl methyl sites for hydroxylation is 1. The summed E-state index contributed by atoms with van der Waals surface area (Å²) >= 11 is 7.08. The van der Waals surface area contributed by atoms with Gasteiger partial charge < -0.3 is 4.57 Å². The Morgan fingerprint density at radius 2 is 2.26 bits per heavy atom. The predicted octanol–water partition coefficient (Wildman–Crippen LogP) is 1.55. The van der Waals surface area contributed by atoms with Crippen LogP contribution in [0.25, 0.3) is 0 Å². The Morgan fingerprint density at radius 3 is 2.95 bits per heavy atom. The quantitative estimate of drug-likeness (QED) is 0.929. The molecule has 0 aliphatic rings. The number of hydrogen-bond donors (Lipinski definition) is 1. The van der Waals surface area contributed by atoms with Crippen molar-refractivity contribution >= 4 is 34.0 Å². The van der Waals surface area contributed by atoms with Gasteiger partial charge >= 0.3 is 0 Å². The van der Waals surface area contributed by atoms with Crippen molar-refractivity contribution in [1.29, 1.82) is 0 Å². The van der Waals surface area contributed by atoms with Crippen LogP contribution in [0.4, 0.5) is 5.13 Å². The average molecular weight is 299 g/mol. The molecule has 0 atom stereocenters. The number of nitrogens with one attached hydrogen (secondary N) is 1. The summed E-state index contributed by atoms with van der Waals surface area (Å²) in [5.74, 6) is -0.344. The number of carbonyl (C=O) groups is 1. The van der Waals surface area contributed by atoms with Gasteiger partial charge in [0.05, 0.1) is 5.02 Å². The standard InChI is InChI=1S/C11H11ClN4O2S/c1-2-9-14-15-11(19-9)13-8(17)6-16-5-7(12)3-4-10(16)18/h3-5H,2,6H2,1H3,(H,13,15,17). The lowest BCUT2D eigenvalue weighted by Gasteiger charge is -2.04. The normalized spacial score (nSPS) is 10.4. The number of anilines is 1. The zero-order valence-corrected chi connectivity index (χ0v) is 11.7. The molecule has 8 heteroatoms. The third-order valence-electron chi connectivity index (χ3n) is 2.28. The lowest BCUT2D eigenvalue weighted by Crippen LogP contribution is -2.26. The number of amides is 1. The molecule has 0 saturated carbocycles. The van der Waals surface area contributed by atoms with Crippen molar-refractivity contribution in [2.45, 2.75) is 19.9 Å². The van der Waals surface area contributed by atoms with Gasteiger partial charge in [0.25, 0.3) is 5.56 Å². The number of carbonyl (C=O) groups excluding carboxylic acids is 1. The molecule has 6 nitrogen and oxygen atoms in total. The molecule has 0 saturated heterocycles. The van der Waals surface area contributed by atoms with Crippen molar-refractivity contribution in [3.63, 3.8) is 0 Å². The number of halogens is 1. The van der Waals surface area contributed by atoms with E-state index in [2.05, 4.69) is 15.5 Å². The molecule has 2 rings (SSSR count). The Morgan fingerprint density at radius 1 is 1.47 bits per heavy atom. The van der Waals surface area contributed by atoms with Gasteiger partial charge in [0.2, 0.25) is 11.0 Å². The molecule has 0 aliphatic carbocycles. The first-order valence-electron chi connectivity index (χ1n) is 5.56. The number of hydrogen-bond acceptors (Lipinski definition) is 5. The maximum Gasteiger partial charge on any atom is 0.251 e. The third-order valence-corrected chi connectivity index (χ3v) is 3.48. The van der Waals surface area contributed by atoms with Gasteiger partial charge in [-0.15, -0.1) is 10.2 Å². The van der Waals surface area contributed by atoms with E-state index in [1.165, 1.54) is 34.2 Å². The Kier molecular flexibility index (Phi) is 4.28. The minimum atomic E-state index is -0.344. The highest BCUT2D eigenvalue weighted by Gasteiger charge is 2.09. The van der Waals surface area contributed by atoms with E-state index in [1.54, 1.807) is 0 Å². The average Bonchev–Trinajstić information content (AvgIpc) is 2.81. The van der Waals surface area contributed by atoms with Gasteiger partial charge in [-0.3, -0.25) is 14.9 Å². The van der Waals surface area contributed by atoms with Gasteiger partial charge in [0.15, 0.2) is 0 Å². The van der Waals surface area contributed by atoms with E-state index >= 15 is 0 Å². The highest BCUT2D eigenvalue weighted by atomic mass is 35.5. The van der Waals surface area contributed by atoms with Crippen molar-refractivity contribution in [2.75, 3.05) is 5.32 Å². The molecule has 0 radical (unpaired) electrons. The van der Waals surface area contributed by atoms with E-state index in [-0.39, 0.29) is 18.0 Å². The predicted molar refractivity (Wildman–Crippen MR) is 73.6 cm³/mol. The second-order valence-corrected chi connectivity index (χ2v) is 5.21. The summed E-state index contributed by atoms with van der Waals surface area (Å²) in [4.78, 5) is 23.3. The van der Waals surface area contributed by atoms with Crippen LogP contribution in [0.2, 0.25) is 5.02 Å².